The smallest absolute Gasteiger partial charge is 0.334 e. The Bertz CT molecular complexity index is 646. The zero-order valence-electron chi connectivity index (χ0n) is 12.3. The molecule has 1 aromatic carbocycles. The number of nitrogens with zero attached hydrogens (tertiary/aromatic N) is 3. The van der Waals surface area contributed by atoms with Crippen LogP contribution in [0, 0.1) is 10.1 Å². The Morgan fingerprint density at radius 3 is 2.52 bits per heavy atom. The molecule has 3 N–H and O–H groups in total. The monoisotopic (exact) mass is 289 g/mol. The maximum atomic E-state index is 11.3. The van der Waals surface area contributed by atoms with Crippen LogP contribution in [-0.2, 0) is 13.6 Å². The minimum atomic E-state index is -0.381. The fraction of sp³-hybridized carbons (Fsp3) is 0.357. The summed E-state index contributed by atoms with van der Waals surface area (Å²) in [4.78, 5) is 10.9. The third kappa shape index (κ3) is 3.13. The molecule has 2 rings (SSSR count). The summed E-state index contributed by atoms with van der Waals surface area (Å²) in [5.41, 5.74) is 7.85. The molecular weight excluding hydrogens is 270 g/mol. The zero-order chi connectivity index (χ0) is 15.6. The van der Waals surface area contributed by atoms with E-state index in [-0.39, 0.29) is 16.5 Å². The fourth-order valence-corrected chi connectivity index (χ4v) is 2.12. The molecule has 1 heterocycles. The molecule has 0 atom stereocenters. The summed E-state index contributed by atoms with van der Waals surface area (Å²) in [6.45, 7) is 4.25. The highest BCUT2D eigenvalue weighted by Gasteiger charge is 2.28. The van der Waals surface area contributed by atoms with E-state index < -0.39 is 0 Å². The first kappa shape index (κ1) is 14.8. The Balaban J connectivity index is 2.27. The third-order valence-electron chi connectivity index (χ3n) is 3.22. The number of aromatic nitrogens is 2. The molecule has 0 saturated heterocycles. The number of nitro groups is 1. The largest absolute Gasteiger partial charge is 0.399 e. The average Bonchev–Trinajstić information content (AvgIpc) is 2.75. The topological polar surface area (TPSA) is 99.0 Å². The summed E-state index contributed by atoms with van der Waals surface area (Å²) in [6, 6.07) is 7.37. The third-order valence-corrected chi connectivity index (χ3v) is 3.22. The van der Waals surface area contributed by atoms with E-state index in [0.29, 0.717) is 23.7 Å². The van der Waals surface area contributed by atoms with E-state index in [4.69, 9.17) is 5.73 Å². The number of hydrogen-bond donors (Lipinski definition) is 2. The van der Waals surface area contributed by atoms with Crippen molar-refractivity contribution < 1.29 is 4.92 Å². The molecule has 0 aliphatic heterocycles. The second-order valence-corrected chi connectivity index (χ2v) is 5.21. The second-order valence-electron chi connectivity index (χ2n) is 5.21. The van der Waals surface area contributed by atoms with Crippen LogP contribution in [0.5, 0.6) is 0 Å². The van der Waals surface area contributed by atoms with Gasteiger partial charge in [-0.1, -0.05) is 26.0 Å². The predicted molar refractivity (Wildman–Crippen MR) is 82.1 cm³/mol. The highest BCUT2D eigenvalue weighted by molar-refractivity contribution is 5.60. The Morgan fingerprint density at radius 2 is 2.00 bits per heavy atom. The van der Waals surface area contributed by atoms with Gasteiger partial charge in [-0.25, -0.2) is 4.68 Å². The van der Waals surface area contributed by atoms with Gasteiger partial charge >= 0.3 is 5.69 Å². The molecular formula is C14H19N5O2. The average molecular weight is 289 g/mol. The van der Waals surface area contributed by atoms with E-state index >= 15 is 0 Å². The van der Waals surface area contributed by atoms with E-state index in [9.17, 15) is 10.1 Å². The van der Waals surface area contributed by atoms with Crippen molar-refractivity contribution in [1.29, 1.82) is 0 Å². The van der Waals surface area contributed by atoms with Gasteiger partial charge in [-0.05, 0) is 17.7 Å². The van der Waals surface area contributed by atoms with Crippen LogP contribution in [0.25, 0.3) is 0 Å². The summed E-state index contributed by atoms with van der Waals surface area (Å²) < 4.78 is 1.52. The SMILES string of the molecule is CC(C)c1nn(C)c(NCc2ccc(N)cc2)c1[N+](=O)[O-]. The Labute approximate surface area is 122 Å². The number of anilines is 2. The predicted octanol–water partition coefficient (Wildman–Crippen LogP) is 2.65. The van der Waals surface area contributed by atoms with E-state index in [2.05, 4.69) is 10.4 Å². The molecule has 0 unspecified atom stereocenters. The number of rotatable bonds is 5. The number of nitrogen functional groups attached to an aromatic ring is 1. The first-order valence-electron chi connectivity index (χ1n) is 6.69. The number of benzene rings is 1. The molecule has 2 aromatic rings. The van der Waals surface area contributed by atoms with Gasteiger partial charge in [0.1, 0.15) is 5.69 Å². The van der Waals surface area contributed by atoms with Gasteiger partial charge in [0.2, 0.25) is 5.82 Å². The van der Waals surface area contributed by atoms with Crippen LogP contribution in [0.1, 0.15) is 31.0 Å². The van der Waals surface area contributed by atoms with Gasteiger partial charge in [0.25, 0.3) is 0 Å². The molecule has 7 heteroatoms. The molecule has 0 spiro atoms. The molecule has 1 aromatic heterocycles. The summed E-state index contributed by atoms with van der Waals surface area (Å²) in [6.07, 6.45) is 0. The fourth-order valence-electron chi connectivity index (χ4n) is 2.12. The normalized spacial score (nSPS) is 10.9. The molecule has 112 valence electrons. The van der Waals surface area contributed by atoms with Gasteiger partial charge in [-0.15, -0.1) is 0 Å². The number of aryl methyl sites for hydroxylation is 1. The van der Waals surface area contributed by atoms with Gasteiger partial charge in [-0.2, -0.15) is 5.10 Å². The van der Waals surface area contributed by atoms with Crippen molar-refractivity contribution in [3.05, 3.63) is 45.6 Å². The maximum absolute atomic E-state index is 11.3. The van der Waals surface area contributed by atoms with Crippen molar-refractivity contribution in [1.82, 2.24) is 9.78 Å². The van der Waals surface area contributed by atoms with Crippen molar-refractivity contribution in [3.63, 3.8) is 0 Å². The lowest BCUT2D eigenvalue weighted by Crippen LogP contribution is -2.06. The van der Waals surface area contributed by atoms with Crippen LogP contribution in [0.2, 0.25) is 0 Å². The molecule has 21 heavy (non-hydrogen) atoms. The second kappa shape index (κ2) is 5.82. The van der Waals surface area contributed by atoms with E-state index in [1.54, 1.807) is 19.2 Å². The van der Waals surface area contributed by atoms with Gasteiger partial charge in [0.15, 0.2) is 0 Å². The summed E-state index contributed by atoms with van der Waals surface area (Å²) >= 11 is 0. The first-order valence-corrected chi connectivity index (χ1v) is 6.69. The van der Waals surface area contributed by atoms with Gasteiger partial charge in [0, 0.05) is 25.2 Å². The Kier molecular flexibility index (Phi) is 4.11. The Hall–Kier alpha value is -2.57. The zero-order valence-corrected chi connectivity index (χ0v) is 12.3. The van der Waals surface area contributed by atoms with Crippen LogP contribution < -0.4 is 11.1 Å². The van der Waals surface area contributed by atoms with Crippen LogP contribution in [-0.4, -0.2) is 14.7 Å². The van der Waals surface area contributed by atoms with Crippen LogP contribution >= 0.6 is 0 Å². The van der Waals surface area contributed by atoms with Gasteiger partial charge in [-0.3, -0.25) is 10.1 Å². The van der Waals surface area contributed by atoms with Crippen LogP contribution in [0.3, 0.4) is 0 Å². The van der Waals surface area contributed by atoms with E-state index in [0.717, 1.165) is 5.56 Å². The van der Waals surface area contributed by atoms with Gasteiger partial charge in [0.05, 0.1) is 4.92 Å². The molecule has 0 aliphatic rings. The standard InChI is InChI=1S/C14H19N5O2/c1-9(2)12-13(19(20)21)14(18(3)17-12)16-8-10-4-6-11(15)7-5-10/h4-7,9,16H,8,15H2,1-3H3. The molecule has 0 amide bonds. The molecule has 7 nitrogen and oxygen atoms in total. The van der Waals surface area contributed by atoms with Gasteiger partial charge < -0.3 is 11.1 Å². The first-order chi connectivity index (χ1) is 9.90. The highest BCUT2D eigenvalue weighted by Crippen LogP contribution is 2.32. The maximum Gasteiger partial charge on any atom is 0.334 e. The number of nitrogens with two attached hydrogens (primary N) is 1. The van der Waals surface area contributed by atoms with E-state index in [1.807, 2.05) is 26.0 Å². The van der Waals surface area contributed by atoms with E-state index in [1.165, 1.54) is 4.68 Å². The minimum absolute atomic E-state index is 0.0105. The molecule has 0 bridgehead atoms. The quantitative estimate of drug-likeness (QED) is 0.501. The van der Waals surface area contributed by atoms with Crippen molar-refractivity contribution in [3.8, 4) is 0 Å². The lowest BCUT2D eigenvalue weighted by atomic mass is 10.1. The number of nitrogens with one attached hydrogen (secondary N) is 1. The van der Waals surface area contributed by atoms with Crippen molar-refractivity contribution in [2.75, 3.05) is 11.1 Å². The summed E-state index contributed by atoms with van der Waals surface area (Å²) in [5.74, 6) is 0.407. The lowest BCUT2D eigenvalue weighted by molar-refractivity contribution is -0.384. The van der Waals surface area contributed by atoms with Crippen molar-refractivity contribution in [2.24, 2.45) is 7.05 Å². The minimum Gasteiger partial charge on any atom is -0.399 e. The number of hydrogen-bond acceptors (Lipinski definition) is 5. The molecule has 0 radical (unpaired) electrons. The summed E-state index contributed by atoms with van der Waals surface area (Å²) in [5, 5.41) is 18.7. The summed E-state index contributed by atoms with van der Waals surface area (Å²) in [7, 11) is 1.70. The lowest BCUT2D eigenvalue weighted by Gasteiger charge is -2.06. The Morgan fingerprint density at radius 1 is 1.38 bits per heavy atom. The molecule has 0 fully saturated rings. The molecule has 0 saturated carbocycles. The van der Waals surface area contributed by atoms with Crippen molar-refractivity contribution >= 4 is 17.2 Å². The van der Waals surface area contributed by atoms with Crippen molar-refractivity contribution in [2.45, 2.75) is 26.3 Å². The highest BCUT2D eigenvalue weighted by atomic mass is 16.6. The molecule has 0 aliphatic carbocycles. The van der Waals surface area contributed by atoms with Crippen LogP contribution in [0.15, 0.2) is 24.3 Å². The van der Waals surface area contributed by atoms with Crippen LogP contribution in [0.4, 0.5) is 17.2 Å².